The molecule has 0 aliphatic heterocycles. The van der Waals surface area contributed by atoms with Crippen LogP contribution in [0.1, 0.15) is 94.2 Å². The maximum atomic E-state index is 14.1. The van der Waals surface area contributed by atoms with Crippen molar-refractivity contribution in [1.29, 1.82) is 0 Å². The van der Waals surface area contributed by atoms with E-state index in [-0.39, 0.29) is 33.0 Å². The van der Waals surface area contributed by atoms with E-state index in [2.05, 4.69) is 81.5 Å². The first-order valence-electron chi connectivity index (χ1n) is 11.6. The van der Waals surface area contributed by atoms with Gasteiger partial charge in [0.05, 0.1) is 11.5 Å². The van der Waals surface area contributed by atoms with Crippen LogP contribution in [0.5, 0.6) is 0 Å². The van der Waals surface area contributed by atoms with Gasteiger partial charge >= 0.3 is 0 Å². The summed E-state index contributed by atoms with van der Waals surface area (Å²) in [5, 5.41) is 13.6. The molecule has 4 nitrogen and oxygen atoms in total. The molecule has 1 aliphatic rings. The summed E-state index contributed by atoms with van der Waals surface area (Å²) < 4.78 is 0. The molecule has 1 fully saturated rings. The Bertz CT molecular complexity index is 803. The van der Waals surface area contributed by atoms with Gasteiger partial charge in [-0.05, 0) is 64.7 Å². The number of carbonyl (C=O) groups is 1. The van der Waals surface area contributed by atoms with Crippen molar-refractivity contribution >= 4 is 11.6 Å². The monoisotopic (exact) mass is 430 g/mol. The van der Waals surface area contributed by atoms with Gasteiger partial charge in [0.2, 0.25) is 5.91 Å². The van der Waals surface area contributed by atoms with Crippen molar-refractivity contribution in [2.75, 3.05) is 11.9 Å². The van der Waals surface area contributed by atoms with E-state index < -0.39 is 11.5 Å². The van der Waals surface area contributed by atoms with Crippen LogP contribution in [0.15, 0.2) is 24.3 Å². The Morgan fingerprint density at radius 1 is 0.871 bits per heavy atom. The van der Waals surface area contributed by atoms with E-state index in [9.17, 15) is 9.90 Å². The second-order valence-corrected chi connectivity index (χ2v) is 12.4. The Morgan fingerprint density at radius 3 is 1.77 bits per heavy atom. The van der Waals surface area contributed by atoms with Gasteiger partial charge in [0.15, 0.2) is 0 Å². The Morgan fingerprint density at radius 2 is 1.32 bits per heavy atom. The highest BCUT2D eigenvalue weighted by atomic mass is 16.3. The molecule has 0 saturated heterocycles. The van der Waals surface area contributed by atoms with Crippen LogP contribution in [0, 0.1) is 32.5 Å². The molecule has 2 rings (SSSR count). The average Bonchev–Trinajstić information content (AvgIpc) is 2.65. The second kappa shape index (κ2) is 7.59. The smallest absolute Gasteiger partial charge is 0.231 e. The van der Waals surface area contributed by atoms with Crippen molar-refractivity contribution in [2.45, 2.75) is 88.7 Å². The summed E-state index contributed by atoms with van der Waals surface area (Å²) in [6.45, 7) is 25.6. The highest BCUT2D eigenvalue weighted by Crippen LogP contribution is 2.78. The third-order valence-corrected chi connectivity index (χ3v) is 11.2. The van der Waals surface area contributed by atoms with Gasteiger partial charge in [0.25, 0.3) is 0 Å². The van der Waals surface area contributed by atoms with Gasteiger partial charge in [-0.2, -0.15) is 0 Å². The number of rotatable bonds is 5. The molecule has 0 spiro atoms. The minimum Gasteiger partial charge on any atom is -0.388 e. The number of aliphatic hydroxyl groups is 1. The van der Waals surface area contributed by atoms with Gasteiger partial charge in [0, 0.05) is 5.69 Å². The first-order chi connectivity index (χ1) is 13.8. The van der Waals surface area contributed by atoms with E-state index >= 15 is 0 Å². The van der Waals surface area contributed by atoms with Crippen LogP contribution in [0.2, 0.25) is 0 Å². The molecule has 1 aromatic carbocycles. The zero-order valence-corrected chi connectivity index (χ0v) is 21.7. The number of anilines is 1. The minimum absolute atomic E-state index is 0.000953. The molecule has 176 valence electrons. The van der Waals surface area contributed by atoms with Crippen LogP contribution >= 0.6 is 0 Å². The molecule has 1 amide bonds. The topological polar surface area (TPSA) is 75.3 Å². The number of benzene rings is 1. The first-order valence-corrected chi connectivity index (χ1v) is 11.6. The zero-order chi connectivity index (χ0) is 24.3. The van der Waals surface area contributed by atoms with Crippen molar-refractivity contribution < 1.29 is 9.90 Å². The van der Waals surface area contributed by atoms with Crippen LogP contribution in [-0.2, 0) is 4.79 Å². The lowest BCUT2D eigenvalue weighted by Crippen LogP contribution is -2.74. The van der Waals surface area contributed by atoms with Crippen LogP contribution in [-0.4, -0.2) is 17.6 Å². The van der Waals surface area contributed by atoms with Gasteiger partial charge in [-0.15, -0.1) is 0 Å². The number of nitrogens with two attached hydrogens (primary N) is 1. The van der Waals surface area contributed by atoms with E-state index in [4.69, 9.17) is 5.73 Å². The molecular weight excluding hydrogens is 384 g/mol. The summed E-state index contributed by atoms with van der Waals surface area (Å²) >= 11 is 0. The molecule has 1 aromatic rings. The molecule has 31 heavy (non-hydrogen) atoms. The average molecular weight is 431 g/mol. The molecule has 0 radical (unpaired) electrons. The molecule has 1 unspecified atom stereocenters. The fraction of sp³-hybridized carbons (Fsp3) is 0.741. The van der Waals surface area contributed by atoms with Crippen molar-refractivity contribution in [3.05, 3.63) is 29.8 Å². The summed E-state index contributed by atoms with van der Waals surface area (Å²) in [6.07, 6.45) is -0.134. The number of aliphatic hydroxyl groups excluding tert-OH is 1. The fourth-order valence-electron chi connectivity index (χ4n) is 6.35. The standard InChI is InChI=1S/C27H46N2O2/c1-22(2)23(3,4)25(7,8)27(11,26(9,10)24(22,5)6)21(31)29-19-14-12-13-18(17-19)20(30)15-16-28/h12-14,17,20,30H,15-16,28H2,1-11H3,(H,29,31). The largest absolute Gasteiger partial charge is 0.388 e. The predicted molar refractivity (Wildman–Crippen MR) is 131 cm³/mol. The van der Waals surface area contributed by atoms with Gasteiger partial charge < -0.3 is 16.2 Å². The van der Waals surface area contributed by atoms with E-state index in [1.165, 1.54) is 0 Å². The van der Waals surface area contributed by atoms with Crippen molar-refractivity contribution in [1.82, 2.24) is 0 Å². The van der Waals surface area contributed by atoms with Crippen molar-refractivity contribution in [2.24, 2.45) is 38.2 Å². The summed E-state index contributed by atoms with van der Waals surface area (Å²) in [5.74, 6) is 0.0321. The molecular formula is C27H46N2O2. The third-order valence-electron chi connectivity index (χ3n) is 11.2. The summed E-state index contributed by atoms with van der Waals surface area (Å²) in [7, 11) is 0. The maximum absolute atomic E-state index is 14.1. The molecule has 1 atom stereocenters. The summed E-state index contributed by atoms with van der Waals surface area (Å²) in [5.41, 5.74) is 5.66. The van der Waals surface area contributed by atoms with E-state index in [1.54, 1.807) is 0 Å². The highest BCUT2D eigenvalue weighted by Gasteiger charge is 2.75. The van der Waals surface area contributed by atoms with Crippen LogP contribution in [0.3, 0.4) is 0 Å². The predicted octanol–water partition coefficient (Wildman–Crippen LogP) is 6.16. The van der Waals surface area contributed by atoms with Crippen LogP contribution in [0.25, 0.3) is 0 Å². The Kier molecular flexibility index (Phi) is 6.33. The van der Waals surface area contributed by atoms with Crippen LogP contribution in [0.4, 0.5) is 5.69 Å². The zero-order valence-electron chi connectivity index (χ0n) is 21.7. The molecule has 0 aromatic heterocycles. The fourth-order valence-corrected chi connectivity index (χ4v) is 6.35. The number of nitrogens with one attached hydrogen (secondary N) is 1. The van der Waals surface area contributed by atoms with Gasteiger partial charge in [-0.3, -0.25) is 4.79 Å². The molecule has 0 heterocycles. The van der Waals surface area contributed by atoms with Gasteiger partial charge in [-0.1, -0.05) is 81.4 Å². The van der Waals surface area contributed by atoms with Crippen molar-refractivity contribution in [3.63, 3.8) is 0 Å². The summed E-state index contributed by atoms with van der Waals surface area (Å²) in [6, 6.07) is 7.51. The molecule has 1 aliphatic carbocycles. The first kappa shape index (κ1) is 25.9. The lowest BCUT2D eigenvalue weighted by atomic mass is 9.27. The number of hydrogen-bond acceptors (Lipinski definition) is 3. The molecule has 0 bridgehead atoms. The van der Waals surface area contributed by atoms with Crippen molar-refractivity contribution in [3.8, 4) is 0 Å². The normalized spacial score (nSPS) is 25.5. The van der Waals surface area contributed by atoms with E-state index in [1.807, 2.05) is 24.3 Å². The minimum atomic E-state index is -0.644. The number of carbonyl (C=O) groups excluding carboxylic acids is 1. The summed E-state index contributed by atoms with van der Waals surface area (Å²) in [4.78, 5) is 14.1. The number of hydrogen-bond donors (Lipinski definition) is 3. The number of amides is 1. The molecule has 4 heteroatoms. The molecule has 1 saturated carbocycles. The lowest BCUT2D eigenvalue weighted by Gasteiger charge is -2.76. The quantitative estimate of drug-likeness (QED) is 0.524. The Labute approximate surface area is 190 Å². The maximum Gasteiger partial charge on any atom is 0.231 e. The second-order valence-electron chi connectivity index (χ2n) is 12.4. The van der Waals surface area contributed by atoms with Gasteiger partial charge in [-0.25, -0.2) is 0 Å². The Balaban J connectivity index is 2.57. The Hall–Kier alpha value is -1.39. The van der Waals surface area contributed by atoms with E-state index in [0.717, 1.165) is 5.56 Å². The van der Waals surface area contributed by atoms with E-state index in [0.29, 0.717) is 18.7 Å². The molecule has 4 N–H and O–H groups in total. The third kappa shape index (κ3) is 3.20. The van der Waals surface area contributed by atoms with Gasteiger partial charge in [0.1, 0.15) is 0 Å². The van der Waals surface area contributed by atoms with Crippen LogP contribution < -0.4 is 11.1 Å². The lowest BCUT2D eigenvalue weighted by molar-refractivity contribution is -0.277. The highest BCUT2D eigenvalue weighted by molar-refractivity contribution is 5.96. The SMILES string of the molecule is CC1(C)C(C)(C)C(C)(C)C(C)(C(=O)Nc2cccc(C(O)CCN)c2)C(C)(C)C1(C)C.